The zero-order valence-electron chi connectivity index (χ0n) is 10.1. The summed E-state index contributed by atoms with van der Waals surface area (Å²) < 4.78 is 0. The molecule has 0 heterocycles. The lowest BCUT2D eigenvalue weighted by Crippen LogP contribution is -2.26. The van der Waals surface area contributed by atoms with Gasteiger partial charge in [-0.3, -0.25) is 4.79 Å². The Balaban J connectivity index is 2.71. The molecule has 0 aromatic heterocycles. The number of nitriles is 1. The summed E-state index contributed by atoms with van der Waals surface area (Å²) in [6.45, 7) is 1.66. The topological polar surface area (TPSA) is 64.3 Å². The lowest BCUT2D eigenvalue weighted by Gasteiger charge is -2.17. The van der Waals surface area contributed by atoms with Crippen LogP contribution in [0.3, 0.4) is 0 Å². The standard InChI is InChI=1S/C13H16N2O2/c1-10(16)6-7-13(17)15(2)12-5-3-4-11(8-12)9-14/h3-5,8,10,16H,6-7H2,1-2H3. The Labute approximate surface area is 101 Å². The van der Waals surface area contributed by atoms with E-state index < -0.39 is 6.10 Å². The Morgan fingerprint density at radius 2 is 2.29 bits per heavy atom. The molecule has 17 heavy (non-hydrogen) atoms. The number of benzene rings is 1. The molecule has 1 N–H and O–H groups in total. The second-order valence-corrected chi connectivity index (χ2v) is 4.00. The predicted octanol–water partition coefficient (Wildman–Crippen LogP) is 1.68. The third-order valence-corrected chi connectivity index (χ3v) is 2.51. The summed E-state index contributed by atoms with van der Waals surface area (Å²) >= 11 is 0. The van der Waals surface area contributed by atoms with Crippen LogP contribution >= 0.6 is 0 Å². The maximum Gasteiger partial charge on any atom is 0.226 e. The molecular formula is C13H16N2O2. The van der Waals surface area contributed by atoms with Gasteiger partial charge in [0, 0.05) is 19.2 Å². The normalized spacial score (nSPS) is 11.6. The van der Waals surface area contributed by atoms with Gasteiger partial charge in [0.25, 0.3) is 0 Å². The van der Waals surface area contributed by atoms with E-state index in [1.54, 1.807) is 38.2 Å². The molecule has 0 radical (unpaired) electrons. The number of anilines is 1. The van der Waals surface area contributed by atoms with Crippen LogP contribution < -0.4 is 4.90 Å². The van der Waals surface area contributed by atoms with Crippen LogP contribution in [0.5, 0.6) is 0 Å². The van der Waals surface area contributed by atoms with E-state index in [9.17, 15) is 4.79 Å². The van der Waals surface area contributed by atoms with Gasteiger partial charge < -0.3 is 10.0 Å². The van der Waals surface area contributed by atoms with Crippen LogP contribution in [-0.4, -0.2) is 24.2 Å². The number of amides is 1. The number of rotatable bonds is 4. The molecule has 1 unspecified atom stereocenters. The summed E-state index contributed by atoms with van der Waals surface area (Å²) in [7, 11) is 1.67. The van der Waals surface area contributed by atoms with Crippen molar-refractivity contribution in [1.29, 1.82) is 5.26 Å². The molecule has 0 fully saturated rings. The quantitative estimate of drug-likeness (QED) is 0.859. The van der Waals surface area contributed by atoms with Gasteiger partial charge in [-0.2, -0.15) is 5.26 Å². The Bertz CT molecular complexity index is 435. The second-order valence-electron chi connectivity index (χ2n) is 4.00. The number of carbonyl (C=O) groups is 1. The van der Waals surface area contributed by atoms with E-state index >= 15 is 0 Å². The summed E-state index contributed by atoms with van der Waals surface area (Å²) in [6, 6.07) is 8.91. The van der Waals surface area contributed by atoms with Gasteiger partial charge >= 0.3 is 0 Å². The fraction of sp³-hybridized carbons (Fsp3) is 0.385. The van der Waals surface area contributed by atoms with Crippen LogP contribution in [0.15, 0.2) is 24.3 Å². The maximum absolute atomic E-state index is 11.8. The van der Waals surface area contributed by atoms with Crippen molar-refractivity contribution in [3.63, 3.8) is 0 Å². The summed E-state index contributed by atoms with van der Waals surface area (Å²) in [5, 5.41) is 17.9. The molecule has 1 aromatic carbocycles. The highest BCUT2D eigenvalue weighted by Gasteiger charge is 2.12. The lowest BCUT2D eigenvalue weighted by molar-refractivity contribution is -0.118. The van der Waals surface area contributed by atoms with Crippen molar-refractivity contribution in [2.24, 2.45) is 0 Å². The first-order chi connectivity index (χ1) is 8.04. The molecule has 4 nitrogen and oxygen atoms in total. The first-order valence-corrected chi connectivity index (χ1v) is 5.49. The van der Waals surface area contributed by atoms with Gasteiger partial charge in [0.1, 0.15) is 0 Å². The van der Waals surface area contributed by atoms with Crippen LogP contribution in [0.2, 0.25) is 0 Å². The van der Waals surface area contributed by atoms with E-state index in [2.05, 4.69) is 0 Å². The number of aliphatic hydroxyl groups is 1. The Kier molecular flexibility index (Phi) is 4.68. The van der Waals surface area contributed by atoms with E-state index in [1.165, 1.54) is 4.90 Å². The van der Waals surface area contributed by atoms with Crippen LogP contribution in [0.4, 0.5) is 5.69 Å². The third kappa shape index (κ3) is 3.89. The molecule has 4 heteroatoms. The molecular weight excluding hydrogens is 216 g/mol. The van der Waals surface area contributed by atoms with Crippen molar-refractivity contribution in [3.05, 3.63) is 29.8 Å². The van der Waals surface area contributed by atoms with E-state index in [0.29, 0.717) is 24.1 Å². The average Bonchev–Trinajstić information content (AvgIpc) is 2.35. The SMILES string of the molecule is CC(O)CCC(=O)N(C)c1cccc(C#N)c1. The van der Waals surface area contributed by atoms with Gasteiger partial charge in [0.05, 0.1) is 17.7 Å². The minimum Gasteiger partial charge on any atom is -0.393 e. The fourth-order valence-corrected chi connectivity index (χ4v) is 1.43. The van der Waals surface area contributed by atoms with Gasteiger partial charge in [-0.05, 0) is 31.5 Å². The molecule has 1 amide bonds. The maximum atomic E-state index is 11.8. The average molecular weight is 232 g/mol. The van der Waals surface area contributed by atoms with E-state index in [0.717, 1.165) is 0 Å². The van der Waals surface area contributed by atoms with Crippen molar-refractivity contribution in [1.82, 2.24) is 0 Å². The van der Waals surface area contributed by atoms with Crippen molar-refractivity contribution in [2.75, 3.05) is 11.9 Å². The van der Waals surface area contributed by atoms with Crippen LogP contribution in [0.25, 0.3) is 0 Å². The first-order valence-electron chi connectivity index (χ1n) is 5.49. The minimum absolute atomic E-state index is 0.0685. The number of carbonyl (C=O) groups excluding carboxylic acids is 1. The van der Waals surface area contributed by atoms with E-state index in [4.69, 9.17) is 10.4 Å². The highest BCUT2D eigenvalue weighted by Crippen LogP contribution is 2.15. The van der Waals surface area contributed by atoms with Crippen molar-refractivity contribution in [2.45, 2.75) is 25.9 Å². The number of aliphatic hydroxyl groups excluding tert-OH is 1. The molecule has 0 saturated carbocycles. The first kappa shape index (κ1) is 13.2. The van der Waals surface area contributed by atoms with Gasteiger partial charge in [-0.15, -0.1) is 0 Å². The fourth-order valence-electron chi connectivity index (χ4n) is 1.43. The van der Waals surface area contributed by atoms with E-state index in [1.807, 2.05) is 6.07 Å². The summed E-state index contributed by atoms with van der Waals surface area (Å²) in [5.74, 6) is -0.0685. The van der Waals surface area contributed by atoms with Crippen molar-refractivity contribution >= 4 is 11.6 Å². The zero-order chi connectivity index (χ0) is 12.8. The van der Waals surface area contributed by atoms with Gasteiger partial charge in [-0.25, -0.2) is 0 Å². The van der Waals surface area contributed by atoms with Crippen LogP contribution in [0, 0.1) is 11.3 Å². The van der Waals surface area contributed by atoms with Crippen molar-refractivity contribution < 1.29 is 9.90 Å². The highest BCUT2D eigenvalue weighted by atomic mass is 16.3. The summed E-state index contributed by atoms with van der Waals surface area (Å²) in [6.07, 6.45) is 0.268. The van der Waals surface area contributed by atoms with E-state index in [-0.39, 0.29) is 5.91 Å². The largest absolute Gasteiger partial charge is 0.393 e. The van der Waals surface area contributed by atoms with Gasteiger partial charge in [0.15, 0.2) is 0 Å². The summed E-state index contributed by atoms with van der Waals surface area (Å²) in [4.78, 5) is 13.3. The summed E-state index contributed by atoms with van der Waals surface area (Å²) in [5.41, 5.74) is 1.22. The van der Waals surface area contributed by atoms with Gasteiger partial charge in [0.2, 0.25) is 5.91 Å². The smallest absolute Gasteiger partial charge is 0.226 e. The molecule has 1 aromatic rings. The Hall–Kier alpha value is -1.86. The number of hydrogen-bond acceptors (Lipinski definition) is 3. The molecule has 0 bridgehead atoms. The van der Waals surface area contributed by atoms with Gasteiger partial charge in [-0.1, -0.05) is 6.07 Å². The molecule has 0 saturated heterocycles. The minimum atomic E-state index is -0.474. The molecule has 0 aliphatic heterocycles. The number of nitrogens with zero attached hydrogens (tertiary/aromatic N) is 2. The highest BCUT2D eigenvalue weighted by molar-refractivity contribution is 5.92. The molecule has 0 spiro atoms. The Morgan fingerprint density at radius 3 is 2.88 bits per heavy atom. The second kappa shape index (κ2) is 6.02. The number of hydrogen-bond donors (Lipinski definition) is 1. The predicted molar refractivity (Wildman–Crippen MR) is 65.5 cm³/mol. The third-order valence-electron chi connectivity index (χ3n) is 2.51. The van der Waals surface area contributed by atoms with Crippen molar-refractivity contribution in [3.8, 4) is 6.07 Å². The molecule has 0 aliphatic carbocycles. The molecule has 0 aliphatic rings. The lowest BCUT2D eigenvalue weighted by atomic mass is 10.1. The zero-order valence-corrected chi connectivity index (χ0v) is 10.1. The van der Waals surface area contributed by atoms with Crippen LogP contribution in [-0.2, 0) is 4.79 Å². The molecule has 90 valence electrons. The monoisotopic (exact) mass is 232 g/mol. The molecule has 1 atom stereocenters. The Morgan fingerprint density at radius 1 is 1.59 bits per heavy atom. The molecule has 1 rings (SSSR count). The van der Waals surface area contributed by atoms with Crippen LogP contribution in [0.1, 0.15) is 25.3 Å².